The number of fused-ring (bicyclic) bond motifs is 1. The zero-order valence-corrected chi connectivity index (χ0v) is 14.5. The van der Waals surface area contributed by atoms with E-state index in [2.05, 4.69) is 15.4 Å². The molecule has 1 unspecified atom stereocenters. The summed E-state index contributed by atoms with van der Waals surface area (Å²) >= 11 is 0. The minimum Gasteiger partial charge on any atom is -0.462 e. The highest BCUT2D eigenvalue weighted by molar-refractivity contribution is 8.24. The van der Waals surface area contributed by atoms with Crippen LogP contribution in [0.25, 0.3) is 11.0 Å². The molecule has 1 aliphatic heterocycles. The van der Waals surface area contributed by atoms with Crippen LogP contribution in [0.1, 0.15) is 30.6 Å². The van der Waals surface area contributed by atoms with Crippen LogP contribution in [0.4, 0.5) is 5.69 Å². The molecule has 0 amide bonds. The van der Waals surface area contributed by atoms with E-state index in [0.717, 1.165) is 5.39 Å². The lowest BCUT2D eigenvalue weighted by Gasteiger charge is -2.26. The number of pyridine rings is 1. The number of esters is 1. The summed E-state index contributed by atoms with van der Waals surface area (Å²) in [6.07, 6.45) is 3.80. The van der Waals surface area contributed by atoms with Gasteiger partial charge >= 0.3 is 5.97 Å². The van der Waals surface area contributed by atoms with Crippen molar-refractivity contribution < 1.29 is 18.6 Å². The summed E-state index contributed by atoms with van der Waals surface area (Å²) < 4.78 is 26.5. The maximum atomic E-state index is 12.3. The topological polar surface area (TPSA) is 110 Å². The molecule has 0 spiro atoms. The molecule has 1 aliphatic rings. The van der Waals surface area contributed by atoms with Gasteiger partial charge in [0.15, 0.2) is 5.65 Å². The van der Waals surface area contributed by atoms with Gasteiger partial charge in [-0.15, -0.1) is 0 Å². The molecule has 1 fully saturated rings. The van der Waals surface area contributed by atoms with Crippen molar-refractivity contribution in [3.63, 3.8) is 0 Å². The van der Waals surface area contributed by atoms with E-state index in [1.807, 2.05) is 6.92 Å². The van der Waals surface area contributed by atoms with Crippen LogP contribution in [0.15, 0.2) is 12.4 Å². The van der Waals surface area contributed by atoms with Crippen LogP contribution >= 0.6 is 10.6 Å². The van der Waals surface area contributed by atoms with Gasteiger partial charge in [0.25, 0.3) is 0 Å². The molecule has 3 heterocycles. The number of hydrogen-bond acceptors (Lipinski definition) is 7. The number of anilines is 1. The van der Waals surface area contributed by atoms with Crippen LogP contribution in [0, 0.1) is 0 Å². The van der Waals surface area contributed by atoms with Gasteiger partial charge < -0.3 is 10.1 Å². The Morgan fingerprint density at radius 3 is 2.88 bits per heavy atom. The summed E-state index contributed by atoms with van der Waals surface area (Å²) in [6.45, 7) is 4.65. The average molecular weight is 354 g/mol. The number of nitrogens with one attached hydrogen (secondary N) is 1. The fraction of sp³-hybridized carbons (Fsp3) is 0.533. The van der Waals surface area contributed by atoms with Crippen molar-refractivity contribution in [2.75, 3.05) is 23.4 Å². The first-order valence-electron chi connectivity index (χ1n) is 7.97. The highest BCUT2D eigenvalue weighted by Gasteiger charge is 2.30. The van der Waals surface area contributed by atoms with E-state index >= 15 is 0 Å². The number of nitrogens with zero attached hydrogens (tertiary/aromatic N) is 3. The number of hydrogen-bond donors (Lipinski definition) is 3. The molecular formula is C15H22N4O4S. The molecule has 1 atom stereocenters. The maximum absolute atomic E-state index is 12.3. The van der Waals surface area contributed by atoms with Gasteiger partial charge in [-0.1, -0.05) is 0 Å². The van der Waals surface area contributed by atoms with Gasteiger partial charge in [-0.05, 0) is 20.3 Å². The summed E-state index contributed by atoms with van der Waals surface area (Å²) in [5.41, 5.74) is 1.61. The Labute approximate surface area is 141 Å². The second-order valence-electron chi connectivity index (χ2n) is 5.77. The standard InChI is InChI=1S/C15H22N4O4S/c1-3-19-14-11(8-17-19)13(12(7-16-14)15(20)23-4-2)18-10-5-6-24(21,22)9-10/h7-8,10,21-22H,3-6,9H2,1-2H3,(H,16,18). The van der Waals surface area contributed by atoms with Crippen molar-refractivity contribution in [1.82, 2.24) is 14.8 Å². The van der Waals surface area contributed by atoms with Crippen molar-refractivity contribution in [3.05, 3.63) is 18.0 Å². The fourth-order valence-corrected chi connectivity index (χ4v) is 4.64. The third-order valence-corrected chi connectivity index (χ3v) is 5.90. The first kappa shape index (κ1) is 17.0. The van der Waals surface area contributed by atoms with Crippen molar-refractivity contribution >= 4 is 33.3 Å². The normalized spacial score (nSPS) is 20.9. The van der Waals surface area contributed by atoms with E-state index in [0.29, 0.717) is 35.6 Å². The van der Waals surface area contributed by atoms with Crippen LogP contribution in [-0.4, -0.2) is 54.0 Å². The van der Waals surface area contributed by atoms with Gasteiger partial charge in [-0.25, -0.2) is 14.5 Å². The van der Waals surface area contributed by atoms with Crippen LogP contribution < -0.4 is 5.32 Å². The first-order valence-corrected chi connectivity index (χ1v) is 9.85. The Morgan fingerprint density at radius 1 is 1.46 bits per heavy atom. The van der Waals surface area contributed by atoms with Crippen molar-refractivity contribution in [2.45, 2.75) is 32.9 Å². The molecule has 9 heteroatoms. The number of rotatable bonds is 5. The number of aryl methyl sites for hydroxylation is 1. The predicted octanol–water partition coefficient (Wildman–Crippen LogP) is 2.56. The molecule has 0 saturated carbocycles. The Kier molecular flexibility index (Phi) is 4.66. The summed E-state index contributed by atoms with van der Waals surface area (Å²) in [5.74, 6) is 0.200. The molecule has 0 aromatic carbocycles. The van der Waals surface area contributed by atoms with Crippen molar-refractivity contribution in [2.24, 2.45) is 0 Å². The average Bonchev–Trinajstić information content (AvgIpc) is 3.10. The Hall–Kier alpha value is -1.84. The SMILES string of the molecule is CCOC(=O)c1cnc2c(cnn2CC)c1NC1CCS(O)(O)C1. The molecular weight excluding hydrogens is 332 g/mol. The Morgan fingerprint density at radius 2 is 2.25 bits per heavy atom. The molecule has 3 N–H and O–H groups in total. The van der Waals surface area contributed by atoms with Crippen molar-refractivity contribution in [1.29, 1.82) is 0 Å². The van der Waals surface area contributed by atoms with Crippen LogP contribution in [0.3, 0.4) is 0 Å². The lowest BCUT2D eigenvalue weighted by Crippen LogP contribution is -2.22. The summed E-state index contributed by atoms with van der Waals surface area (Å²) in [4.78, 5) is 16.6. The molecule has 3 rings (SSSR count). The van der Waals surface area contributed by atoms with Gasteiger partial charge in [0.05, 0.1) is 29.6 Å². The van der Waals surface area contributed by atoms with Crippen molar-refractivity contribution in [3.8, 4) is 0 Å². The number of aromatic nitrogens is 3. The first-order chi connectivity index (χ1) is 11.4. The highest BCUT2D eigenvalue weighted by Crippen LogP contribution is 2.46. The van der Waals surface area contributed by atoms with Gasteiger partial charge in [0, 0.05) is 24.5 Å². The second-order valence-corrected chi connectivity index (χ2v) is 8.11. The van der Waals surface area contributed by atoms with Gasteiger partial charge in [-0.2, -0.15) is 15.7 Å². The molecule has 0 radical (unpaired) electrons. The van der Waals surface area contributed by atoms with E-state index < -0.39 is 16.6 Å². The summed E-state index contributed by atoms with van der Waals surface area (Å²) in [6, 6.07) is -0.112. The quantitative estimate of drug-likeness (QED) is 0.708. The Bertz CT molecular complexity index is 761. The summed E-state index contributed by atoms with van der Waals surface area (Å²) in [5, 5.41) is 8.31. The van der Waals surface area contributed by atoms with E-state index in [-0.39, 0.29) is 18.4 Å². The van der Waals surface area contributed by atoms with E-state index in [9.17, 15) is 13.9 Å². The van der Waals surface area contributed by atoms with Crippen LogP contribution in [0.5, 0.6) is 0 Å². The zero-order chi connectivity index (χ0) is 17.3. The van der Waals surface area contributed by atoms with E-state index in [1.165, 1.54) is 6.20 Å². The molecule has 2 aromatic heterocycles. The molecule has 0 aliphatic carbocycles. The predicted molar refractivity (Wildman–Crippen MR) is 93.8 cm³/mol. The molecule has 132 valence electrons. The largest absolute Gasteiger partial charge is 0.462 e. The second kappa shape index (κ2) is 6.58. The minimum atomic E-state index is -2.53. The lowest BCUT2D eigenvalue weighted by atomic mass is 10.1. The Balaban J connectivity index is 2.02. The zero-order valence-electron chi connectivity index (χ0n) is 13.7. The molecule has 0 bridgehead atoms. The number of carbonyl (C=O) groups is 1. The fourth-order valence-electron chi connectivity index (χ4n) is 2.92. The van der Waals surface area contributed by atoms with Gasteiger partial charge in [0.1, 0.15) is 5.56 Å². The molecule has 24 heavy (non-hydrogen) atoms. The van der Waals surface area contributed by atoms with E-state index in [1.54, 1.807) is 17.8 Å². The highest BCUT2D eigenvalue weighted by atomic mass is 32.3. The van der Waals surface area contributed by atoms with Gasteiger partial charge in [0.2, 0.25) is 0 Å². The van der Waals surface area contributed by atoms with Crippen LogP contribution in [0.2, 0.25) is 0 Å². The molecule has 8 nitrogen and oxygen atoms in total. The third-order valence-electron chi connectivity index (χ3n) is 4.07. The monoisotopic (exact) mass is 354 g/mol. The lowest BCUT2D eigenvalue weighted by molar-refractivity contribution is 0.0527. The molecule has 2 aromatic rings. The van der Waals surface area contributed by atoms with E-state index in [4.69, 9.17) is 4.74 Å². The van der Waals surface area contributed by atoms with Gasteiger partial charge in [-0.3, -0.25) is 9.11 Å². The number of ether oxygens (including phenoxy) is 1. The summed E-state index contributed by atoms with van der Waals surface area (Å²) in [7, 11) is -2.53. The maximum Gasteiger partial charge on any atom is 0.341 e. The number of carbonyl (C=O) groups excluding carboxylic acids is 1. The molecule has 1 saturated heterocycles. The minimum absolute atomic E-state index is 0.112. The van der Waals surface area contributed by atoms with Crippen LogP contribution in [-0.2, 0) is 11.3 Å². The smallest absolute Gasteiger partial charge is 0.341 e. The third kappa shape index (κ3) is 3.19.